The lowest BCUT2D eigenvalue weighted by Crippen LogP contribution is -2.38. The molecule has 120 valence electrons. The van der Waals surface area contributed by atoms with Gasteiger partial charge in [-0.05, 0) is 60.3 Å². The van der Waals surface area contributed by atoms with E-state index in [-0.39, 0.29) is 5.91 Å². The van der Waals surface area contributed by atoms with Crippen molar-refractivity contribution < 1.29 is 4.79 Å². The standard InChI is InChI=1S/C19H21BrN2O/c1-13-5-7-15(8-6-13)19(11-3-4-12-19)18(23)22-17-10-9-16(20)14(2)21-17/h5-10H,3-4,11-12H2,1-2H3,(H,21,22,23). The van der Waals surface area contributed by atoms with E-state index in [1.165, 1.54) is 5.56 Å². The smallest absolute Gasteiger partial charge is 0.236 e. The third-order valence-electron chi connectivity index (χ3n) is 4.76. The number of aryl methyl sites for hydroxylation is 2. The summed E-state index contributed by atoms with van der Waals surface area (Å²) in [6.07, 6.45) is 3.98. The second-order valence-electron chi connectivity index (χ2n) is 6.37. The summed E-state index contributed by atoms with van der Waals surface area (Å²) in [4.78, 5) is 17.5. The molecule has 0 aliphatic heterocycles. The van der Waals surface area contributed by atoms with Crippen LogP contribution in [-0.4, -0.2) is 10.9 Å². The van der Waals surface area contributed by atoms with Gasteiger partial charge in [0.15, 0.2) is 0 Å². The van der Waals surface area contributed by atoms with Crippen molar-refractivity contribution in [2.75, 3.05) is 5.32 Å². The van der Waals surface area contributed by atoms with Gasteiger partial charge < -0.3 is 5.32 Å². The van der Waals surface area contributed by atoms with Crippen LogP contribution in [0.5, 0.6) is 0 Å². The number of carbonyl (C=O) groups is 1. The van der Waals surface area contributed by atoms with Gasteiger partial charge in [0.25, 0.3) is 0 Å². The molecule has 1 aromatic carbocycles. The molecule has 0 unspecified atom stereocenters. The lowest BCUT2D eigenvalue weighted by molar-refractivity contribution is -0.121. The monoisotopic (exact) mass is 372 g/mol. The first kappa shape index (κ1) is 16.2. The van der Waals surface area contributed by atoms with Crippen molar-refractivity contribution in [1.29, 1.82) is 0 Å². The van der Waals surface area contributed by atoms with Crippen molar-refractivity contribution in [3.8, 4) is 0 Å². The molecule has 1 N–H and O–H groups in total. The highest BCUT2D eigenvalue weighted by atomic mass is 79.9. The third-order valence-corrected chi connectivity index (χ3v) is 5.60. The van der Waals surface area contributed by atoms with E-state index in [0.29, 0.717) is 5.82 Å². The van der Waals surface area contributed by atoms with Crippen molar-refractivity contribution in [3.05, 3.63) is 57.7 Å². The number of nitrogens with zero attached hydrogens (tertiary/aromatic N) is 1. The molecule has 2 aromatic rings. The second kappa shape index (κ2) is 6.44. The molecule has 1 aliphatic carbocycles. The minimum Gasteiger partial charge on any atom is -0.310 e. The van der Waals surface area contributed by atoms with Crippen LogP contribution in [0.25, 0.3) is 0 Å². The lowest BCUT2D eigenvalue weighted by atomic mass is 9.77. The first-order valence-corrected chi connectivity index (χ1v) is 8.82. The van der Waals surface area contributed by atoms with Crippen LogP contribution in [-0.2, 0) is 10.2 Å². The van der Waals surface area contributed by atoms with E-state index in [2.05, 4.69) is 57.4 Å². The highest BCUT2D eigenvalue weighted by molar-refractivity contribution is 9.10. The summed E-state index contributed by atoms with van der Waals surface area (Å²) >= 11 is 3.44. The molecule has 3 nitrogen and oxygen atoms in total. The van der Waals surface area contributed by atoms with Gasteiger partial charge in [-0.3, -0.25) is 4.79 Å². The van der Waals surface area contributed by atoms with E-state index in [1.54, 1.807) is 0 Å². The van der Waals surface area contributed by atoms with Gasteiger partial charge in [0.05, 0.1) is 11.1 Å². The van der Waals surface area contributed by atoms with Crippen LogP contribution >= 0.6 is 15.9 Å². The van der Waals surface area contributed by atoms with Gasteiger partial charge in [-0.15, -0.1) is 0 Å². The molecule has 0 spiro atoms. The first-order valence-electron chi connectivity index (χ1n) is 8.03. The summed E-state index contributed by atoms with van der Waals surface area (Å²) in [6, 6.07) is 12.1. The SMILES string of the molecule is Cc1ccc(C2(C(=O)Nc3ccc(Br)c(C)n3)CCCC2)cc1. The summed E-state index contributed by atoms with van der Waals surface area (Å²) in [5.41, 5.74) is 2.79. The molecule has 1 amide bonds. The van der Waals surface area contributed by atoms with E-state index in [1.807, 2.05) is 19.1 Å². The minimum atomic E-state index is -0.420. The number of halogens is 1. The fraction of sp³-hybridized carbons (Fsp3) is 0.368. The molecule has 0 atom stereocenters. The van der Waals surface area contributed by atoms with Crippen LogP contribution in [0, 0.1) is 13.8 Å². The van der Waals surface area contributed by atoms with Gasteiger partial charge in [0.1, 0.15) is 5.82 Å². The number of pyridine rings is 1. The number of benzene rings is 1. The first-order chi connectivity index (χ1) is 11.0. The Morgan fingerprint density at radius 2 is 1.74 bits per heavy atom. The largest absolute Gasteiger partial charge is 0.310 e. The highest BCUT2D eigenvalue weighted by Gasteiger charge is 2.42. The molecule has 1 aromatic heterocycles. The maximum absolute atomic E-state index is 13.1. The zero-order chi connectivity index (χ0) is 16.4. The summed E-state index contributed by atoms with van der Waals surface area (Å²) in [6.45, 7) is 3.99. The molecule has 1 saturated carbocycles. The molecule has 1 fully saturated rings. The quantitative estimate of drug-likeness (QED) is 0.831. The molecule has 0 saturated heterocycles. The molecule has 0 bridgehead atoms. The molecule has 0 radical (unpaired) electrons. The zero-order valence-electron chi connectivity index (χ0n) is 13.5. The topological polar surface area (TPSA) is 42.0 Å². The van der Waals surface area contributed by atoms with Gasteiger partial charge in [-0.25, -0.2) is 4.98 Å². The van der Waals surface area contributed by atoms with Crippen molar-refractivity contribution in [2.45, 2.75) is 44.9 Å². The van der Waals surface area contributed by atoms with Crippen LogP contribution in [0.1, 0.15) is 42.5 Å². The predicted molar refractivity (Wildman–Crippen MR) is 96.6 cm³/mol. The molecule has 23 heavy (non-hydrogen) atoms. The highest BCUT2D eigenvalue weighted by Crippen LogP contribution is 2.42. The van der Waals surface area contributed by atoms with Gasteiger partial charge in [0.2, 0.25) is 5.91 Å². The zero-order valence-corrected chi connectivity index (χ0v) is 15.1. The van der Waals surface area contributed by atoms with Crippen LogP contribution in [0.4, 0.5) is 5.82 Å². The Hall–Kier alpha value is -1.68. The molecular formula is C19H21BrN2O. The Labute approximate surface area is 145 Å². The second-order valence-corrected chi connectivity index (χ2v) is 7.23. The van der Waals surface area contributed by atoms with E-state index >= 15 is 0 Å². The number of amides is 1. The van der Waals surface area contributed by atoms with Crippen molar-refractivity contribution in [1.82, 2.24) is 4.98 Å². The van der Waals surface area contributed by atoms with Gasteiger partial charge in [-0.2, -0.15) is 0 Å². The minimum absolute atomic E-state index is 0.0630. The van der Waals surface area contributed by atoms with E-state index in [4.69, 9.17) is 0 Å². The molecule has 1 heterocycles. The van der Waals surface area contributed by atoms with Crippen LogP contribution in [0.2, 0.25) is 0 Å². The van der Waals surface area contributed by atoms with E-state index in [0.717, 1.165) is 41.4 Å². The average molecular weight is 373 g/mol. The Balaban J connectivity index is 1.90. The maximum Gasteiger partial charge on any atom is 0.236 e. The van der Waals surface area contributed by atoms with Crippen molar-refractivity contribution in [3.63, 3.8) is 0 Å². The Morgan fingerprint density at radius 1 is 1.09 bits per heavy atom. The van der Waals surface area contributed by atoms with E-state index in [9.17, 15) is 4.79 Å². The Bertz CT molecular complexity index is 719. The van der Waals surface area contributed by atoms with Crippen molar-refractivity contribution in [2.24, 2.45) is 0 Å². The van der Waals surface area contributed by atoms with Crippen molar-refractivity contribution >= 4 is 27.7 Å². The number of aromatic nitrogens is 1. The number of anilines is 1. The fourth-order valence-corrected chi connectivity index (χ4v) is 3.57. The molecule has 3 rings (SSSR count). The molecule has 1 aliphatic rings. The van der Waals surface area contributed by atoms with Gasteiger partial charge in [-0.1, -0.05) is 42.7 Å². The average Bonchev–Trinajstić information content (AvgIpc) is 3.02. The number of hydrogen-bond donors (Lipinski definition) is 1. The predicted octanol–water partition coefficient (Wildman–Crippen LogP) is 4.91. The van der Waals surface area contributed by atoms with Crippen LogP contribution in [0.3, 0.4) is 0 Å². The number of rotatable bonds is 3. The van der Waals surface area contributed by atoms with Crippen LogP contribution < -0.4 is 5.32 Å². The summed E-state index contributed by atoms with van der Waals surface area (Å²) in [7, 11) is 0. The lowest BCUT2D eigenvalue weighted by Gasteiger charge is -2.28. The Morgan fingerprint density at radius 3 is 2.35 bits per heavy atom. The molecule has 4 heteroatoms. The van der Waals surface area contributed by atoms with Gasteiger partial charge in [0, 0.05) is 4.47 Å². The Kier molecular flexibility index (Phi) is 4.53. The third kappa shape index (κ3) is 3.18. The van der Waals surface area contributed by atoms with E-state index < -0.39 is 5.41 Å². The molecular weight excluding hydrogens is 352 g/mol. The number of nitrogens with one attached hydrogen (secondary N) is 1. The fourth-order valence-electron chi connectivity index (χ4n) is 3.35. The summed E-state index contributed by atoms with van der Waals surface area (Å²) in [5.74, 6) is 0.683. The summed E-state index contributed by atoms with van der Waals surface area (Å²) < 4.78 is 0.949. The van der Waals surface area contributed by atoms with Crippen LogP contribution in [0.15, 0.2) is 40.9 Å². The number of carbonyl (C=O) groups excluding carboxylic acids is 1. The number of hydrogen-bond acceptors (Lipinski definition) is 2. The van der Waals surface area contributed by atoms with Gasteiger partial charge >= 0.3 is 0 Å². The maximum atomic E-state index is 13.1. The normalized spacial score (nSPS) is 16.3. The summed E-state index contributed by atoms with van der Waals surface area (Å²) in [5, 5.41) is 3.03.